The summed E-state index contributed by atoms with van der Waals surface area (Å²) >= 11 is 5.83. The molecule has 1 aliphatic heterocycles. The summed E-state index contributed by atoms with van der Waals surface area (Å²) in [5, 5.41) is 3.43. The molecular weight excluding hydrogens is 314 g/mol. The lowest BCUT2D eigenvalue weighted by atomic mass is 9.99. The number of likely N-dealkylation sites (tertiary alicyclic amines) is 1. The molecule has 0 aliphatic carbocycles. The maximum atomic E-state index is 12.7. The predicted molar refractivity (Wildman–Crippen MR) is 91.3 cm³/mol. The first-order valence-electron chi connectivity index (χ1n) is 7.99. The number of carbonyl (C=O) groups excluding carboxylic acids is 2. The van der Waals surface area contributed by atoms with E-state index in [9.17, 15) is 9.59 Å². The molecule has 126 valence electrons. The molecule has 5 nitrogen and oxygen atoms in total. The normalized spacial score (nSPS) is 17.2. The third-order valence-corrected chi connectivity index (χ3v) is 4.43. The quantitative estimate of drug-likeness (QED) is 0.882. The summed E-state index contributed by atoms with van der Waals surface area (Å²) in [7, 11) is 0. The number of rotatable bonds is 4. The average molecular weight is 338 g/mol. The minimum Gasteiger partial charge on any atom is -0.341 e. The summed E-state index contributed by atoms with van der Waals surface area (Å²) in [5.41, 5.74) is 6.38. The van der Waals surface area contributed by atoms with E-state index in [2.05, 4.69) is 5.32 Å². The van der Waals surface area contributed by atoms with E-state index in [0.29, 0.717) is 23.7 Å². The number of halogens is 1. The van der Waals surface area contributed by atoms with E-state index in [4.69, 9.17) is 17.3 Å². The third kappa shape index (κ3) is 4.69. The lowest BCUT2D eigenvalue weighted by Gasteiger charge is -2.34. The first-order chi connectivity index (χ1) is 10.9. The van der Waals surface area contributed by atoms with Crippen molar-refractivity contribution in [1.82, 2.24) is 10.2 Å². The molecule has 1 aromatic rings. The average Bonchev–Trinajstić information content (AvgIpc) is 2.53. The van der Waals surface area contributed by atoms with E-state index in [1.807, 2.05) is 13.8 Å². The molecule has 1 saturated heterocycles. The Morgan fingerprint density at radius 1 is 1.22 bits per heavy atom. The van der Waals surface area contributed by atoms with Gasteiger partial charge < -0.3 is 16.0 Å². The third-order valence-electron chi connectivity index (χ3n) is 4.18. The van der Waals surface area contributed by atoms with Crippen LogP contribution in [0.5, 0.6) is 0 Å². The number of nitrogens with zero attached hydrogens (tertiary/aromatic N) is 1. The molecule has 1 atom stereocenters. The van der Waals surface area contributed by atoms with Gasteiger partial charge in [0.05, 0.1) is 0 Å². The molecule has 2 amide bonds. The topological polar surface area (TPSA) is 75.4 Å². The number of piperidine rings is 1. The monoisotopic (exact) mass is 337 g/mol. The van der Waals surface area contributed by atoms with Gasteiger partial charge in [-0.2, -0.15) is 0 Å². The Balaban J connectivity index is 2.04. The van der Waals surface area contributed by atoms with Crippen molar-refractivity contribution in [3.05, 3.63) is 34.9 Å². The summed E-state index contributed by atoms with van der Waals surface area (Å²) in [6.45, 7) is 5.17. The Bertz CT molecular complexity index is 551. The summed E-state index contributed by atoms with van der Waals surface area (Å²) < 4.78 is 0. The number of nitrogens with one attached hydrogen (secondary N) is 1. The van der Waals surface area contributed by atoms with Crippen LogP contribution in [0.3, 0.4) is 0 Å². The standard InChI is InChI=1S/C17H24ClN3O2/c1-11(2)15(17(23)21-9-7-14(19)8-10-21)20-16(22)12-3-5-13(18)6-4-12/h3-6,11,14-15H,7-10,19H2,1-2H3,(H,20,22). The van der Waals surface area contributed by atoms with Crippen molar-refractivity contribution in [1.29, 1.82) is 0 Å². The highest BCUT2D eigenvalue weighted by Gasteiger charge is 2.30. The zero-order valence-corrected chi connectivity index (χ0v) is 14.3. The van der Waals surface area contributed by atoms with Gasteiger partial charge in [0.25, 0.3) is 5.91 Å². The van der Waals surface area contributed by atoms with Crippen LogP contribution in [0.15, 0.2) is 24.3 Å². The van der Waals surface area contributed by atoms with Gasteiger partial charge in [-0.05, 0) is 43.0 Å². The second-order valence-corrected chi connectivity index (χ2v) is 6.80. The van der Waals surface area contributed by atoms with Crippen molar-refractivity contribution < 1.29 is 9.59 Å². The molecule has 0 radical (unpaired) electrons. The number of amides is 2. The van der Waals surface area contributed by atoms with E-state index in [1.54, 1.807) is 29.2 Å². The Morgan fingerprint density at radius 3 is 2.30 bits per heavy atom. The molecule has 3 N–H and O–H groups in total. The second-order valence-electron chi connectivity index (χ2n) is 6.36. The maximum Gasteiger partial charge on any atom is 0.251 e. The second kappa shape index (κ2) is 7.79. The minimum atomic E-state index is -0.535. The van der Waals surface area contributed by atoms with Gasteiger partial charge in [0.2, 0.25) is 5.91 Å². The van der Waals surface area contributed by atoms with Crippen molar-refractivity contribution >= 4 is 23.4 Å². The first-order valence-corrected chi connectivity index (χ1v) is 8.37. The molecule has 0 bridgehead atoms. The molecule has 2 rings (SSSR count). The highest BCUT2D eigenvalue weighted by Crippen LogP contribution is 2.14. The Labute approximate surface area is 142 Å². The molecular formula is C17H24ClN3O2. The van der Waals surface area contributed by atoms with E-state index in [0.717, 1.165) is 12.8 Å². The van der Waals surface area contributed by atoms with Crippen LogP contribution < -0.4 is 11.1 Å². The maximum absolute atomic E-state index is 12.7. The number of carbonyl (C=O) groups is 2. The fraction of sp³-hybridized carbons (Fsp3) is 0.529. The predicted octanol–water partition coefficient (Wildman–Crippen LogP) is 2.04. The first kappa shape index (κ1) is 17.8. The van der Waals surface area contributed by atoms with E-state index in [-0.39, 0.29) is 23.8 Å². The van der Waals surface area contributed by atoms with Gasteiger partial charge in [-0.3, -0.25) is 9.59 Å². The zero-order valence-electron chi connectivity index (χ0n) is 13.6. The van der Waals surface area contributed by atoms with Crippen molar-refractivity contribution in [2.75, 3.05) is 13.1 Å². The largest absolute Gasteiger partial charge is 0.341 e. The molecule has 23 heavy (non-hydrogen) atoms. The minimum absolute atomic E-state index is 0.00866. The van der Waals surface area contributed by atoms with Crippen molar-refractivity contribution in [3.63, 3.8) is 0 Å². The van der Waals surface area contributed by atoms with Gasteiger partial charge in [0.1, 0.15) is 6.04 Å². The number of hydrogen-bond acceptors (Lipinski definition) is 3. The summed E-state index contributed by atoms with van der Waals surface area (Å²) in [6, 6.07) is 6.26. The molecule has 6 heteroatoms. The molecule has 1 unspecified atom stereocenters. The molecule has 0 aromatic heterocycles. The molecule has 0 saturated carbocycles. The Hall–Kier alpha value is -1.59. The van der Waals surface area contributed by atoms with Gasteiger partial charge in [-0.1, -0.05) is 25.4 Å². The van der Waals surface area contributed by atoms with Gasteiger partial charge in [-0.15, -0.1) is 0 Å². The molecule has 0 spiro atoms. The SMILES string of the molecule is CC(C)C(NC(=O)c1ccc(Cl)cc1)C(=O)N1CCC(N)CC1. The van der Waals surface area contributed by atoms with Crippen LogP contribution in [0.1, 0.15) is 37.0 Å². The van der Waals surface area contributed by atoms with Crippen molar-refractivity contribution in [3.8, 4) is 0 Å². The van der Waals surface area contributed by atoms with Crippen LogP contribution in [0.4, 0.5) is 0 Å². The number of benzene rings is 1. The molecule has 1 heterocycles. The van der Waals surface area contributed by atoms with Gasteiger partial charge >= 0.3 is 0 Å². The molecule has 1 aromatic carbocycles. The van der Waals surface area contributed by atoms with Crippen molar-refractivity contribution in [2.24, 2.45) is 11.7 Å². The van der Waals surface area contributed by atoms with Gasteiger partial charge in [0.15, 0.2) is 0 Å². The number of hydrogen-bond donors (Lipinski definition) is 2. The smallest absolute Gasteiger partial charge is 0.251 e. The Kier molecular flexibility index (Phi) is 6.02. The number of nitrogens with two attached hydrogens (primary N) is 1. The lowest BCUT2D eigenvalue weighted by molar-refractivity contribution is -0.135. The highest BCUT2D eigenvalue weighted by atomic mass is 35.5. The van der Waals surface area contributed by atoms with Crippen LogP contribution in [0.2, 0.25) is 5.02 Å². The van der Waals surface area contributed by atoms with Crippen molar-refractivity contribution in [2.45, 2.75) is 38.8 Å². The molecule has 1 aliphatic rings. The van der Waals surface area contributed by atoms with E-state index < -0.39 is 6.04 Å². The van der Waals surface area contributed by atoms with Crippen LogP contribution in [-0.4, -0.2) is 41.9 Å². The fourth-order valence-corrected chi connectivity index (χ4v) is 2.78. The van der Waals surface area contributed by atoms with Gasteiger partial charge in [0, 0.05) is 29.7 Å². The fourth-order valence-electron chi connectivity index (χ4n) is 2.66. The van der Waals surface area contributed by atoms with Crippen LogP contribution in [0, 0.1) is 5.92 Å². The van der Waals surface area contributed by atoms with Crippen LogP contribution >= 0.6 is 11.6 Å². The summed E-state index contributed by atoms with van der Waals surface area (Å²) in [6.07, 6.45) is 1.61. The highest BCUT2D eigenvalue weighted by molar-refractivity contribution is 6.30. The van der Waals surface area contributed by atoms with Crippen LogP contribution in [-0.2, 0) is 4.79 Å². The summed E-state index contributed by atoms with van der Waals surface area (Å²) in [5.74, 6) is -0.286. The van der Waals surface area contributed by atoms with Crippen LogP contribution in [0.25, 0.3) is 0 Å². The van der Waals surface area contributed by atoms with E-state index in [1.165, 1.54) is 0 Å². The zero-order chi connectivity index (χ0) is 17.0. The lowest BCUT2D eigenvalue weighted by Crippen LogP contribution is -2.54. The van der Waals surface area contributed by atoms with Gasteiger partial charge in [-0.25, -0.2) is 0 Å². The molecule has 1 fully saturated rings. The van der Waals surface area contributed by atoms with E-state index >= 15 is 0 Å². The Morgan fingerprint density at radius 2 is 1.78 bits per heavy atom. The summed E-state index contributed by atoms with van der Waals surface area (Å²) in [4.78, 5) is 26.9.